The highest BCUT2D eigenvalue weighted by Gasteiger charge is 2.33. The molecule has 1 heterocycles. The summed E-state index contributed by atoms with van der Waals surface area (Å²) < 4.78 is 0. The van der Waals surface area contributed by atoms with Crippen LogP contribution in [0.4, 0.5) is 5.69 Å². The molecule has 3 rings (SSSR count). The van der Waals surface area contributed by atoms with Gasteiger partial charge in [0.1, 0.15) is 0 Å². The molecule has 1 saturated heterocycles. The lowest BCUT2D eigenvalue weighted by atomic mass is 9.71. The highest BCUT2D eigenvalue weighted by molar-refractivity contribution is 7.99. The van der Waals surface area contributed by atoms with Crippen molar-refractivity contribution in [1.82, 2.24) is 4.90 Å². The molecule has 28 heavy (non-hydrogen) atoms. The lowest BCUT2D eigenvalue weighted by molar-refractivity contribution is -0.118. The molecule has 0 spiro atoms. The summed E-state index contributed by atoms with van der Waals surface area (Å²) in [7, 11) is 0. The van der Waals surface area contributed by atoms with Crippen LogP contribution >= 0.6 is 24.2 Å². The van der Waals surface area contributed by atoms with Crippen molar-refractivity contribution in [2.45, 2.75) is 45.4 Å². The standard InChI is InChI=1S/C21H31N3O2S.ClH/c1-16-17(20(26)24-10-12-27-13-11-24)6-5-7-18(16)23-19(25)14-21(15-22)8-3-2-4-9-21;/h5-7H,2-4,8-15,22H2,1H3,(H,23,25);1H. The Labute approximate surface area is 178 Å². The fourth-order valence-electron chi connectivity index (χ4n) is 4.23. The molecule has 3 N–H and O–H groups in total. The predicted octanol–water partition coefficient (Wildman–Crippen LogP) is 3.84. The molecular formula is C21H32ClN3O2S. The van der Waals surface area contributed by atoms with E-state index in [-0.39, 0.29) is 29.6 Å². The van der Waals surface area contributed by atoms with E-state index in [9.17, 15) is 9.59 Å². The number of nitrogens with one attached hydrogen (secondary N) is 1. The number of thioether (sulfide) groups is 1. The van der Waals surface area contributed by atoms with Crippen molar-refractivity contribution in [3.05, 3.63) is 29.3 Å². The Morgan fingerprint density at radius 1 is 1.18 bits per heavy atom. The summed E-state index contributed by atoms with van der Waals surface area (Å²) in [6, 6.07) is 5.59. The summed E-state index contributed by atoms with van der Waals surface area (Å²) in [6.45, 7) is 4.06. The highest BCUT2D eigenvalue weighted by atomic mass is 35.5. The molecule has 0 atom stereocenters. The second-order valence-electron chi connectivity index (χ2n) is 7.87. The van der Waals surface area contributed by atoms with Crippen molar-refractivity contribution in [3.63, 3.8) is 0 Å². The smallest absolute Gasteiger partial charge is 0.254 e. The third kappa shape index (κ3) is 5.43. The minimum absolute atomic E-state index is 0. The maximum absolute atomic E-state index is 12.9. The summed E-state index contributed by atoms with van der Waals surface area (Å²) in [5.74, 6) is 2.05. The third-order valence-electron chi connectivity index (χ3n) is 6.02. The minimum Gasteiger partial charge on any atom is -0.337 e. The first-order valence-electron chi connectivity index (χ1n) is 10.0. The van der Waals surface area contributed by atoms with E-state index in [0.717, 1.165) is 61.5 Å². The molecule has 1 aromatic rings. The number of hydrogen-bond donors (Lipinski definition) is 2. The van der Waals surface area contributed by atoms with Crippen LogP contribution in [0.5, 0.6) is 0 Å². The van der Waals surface area contributed by atoms with Gasteiger partial charge < -0.3 is 16.0 Å². The molecule has 7 heteroatoms. The number of carbonyl (C=O) groups is 2. The number of rotatable bonds is 5. The minimum atomic E-state index is -0.0604. The first-order valence-corrected chi connectivity index (χ1v) is 11.2. The van der Waals surface area contributed by atoms with Crippen LogP contribution in [0.2, 0.25) is 0 Å². The van der Waals surface area contributed by atoms with Gasteiger partial charge in [-0.25, -0.2) is 0 Å². The van der Waals surface area contributed by atoms with Crippen LogP contribution in [0.15, 0.2) is 18.2 Å². The Balaban J connectivity index is 0.00000280. The Bertz CT molecular complexity index is 686. The van der Waals surface area contributed by atoms with Crippen LogP contribution in [-0.2, 0) is 4.79 Å². The van der Waals surface area contributed by atoms with Crippen LogP contribution in [0.3, 0.4) is 0 Å². The molecule has 0 radical (unpaired) electrons. The first kappa shape index (κ1) is 23.0. The number of nitrogens with two attached hydrogens (primary N) is 1. The van der Waals surface area contributed by atoms with Crippen LogP contribution in [0.25, 0.3) is 0 Å². The van der Waals surface area contributed by atoms with Gasteiger partial charge in [-0.15, -0.1) is 12.4 Å². The van der Waals surface area contributed by atoms with E-state index in [0.29, 0.717) is 18.5 Å². The maximum atomic E-state index is 12.9. The molecule has 156 valence electrons. The average Bonchev–Trinajstić information content (AvgIpc) is 2.70. The highest BCUT2D eigenvalue weighted by Crippen LogP contribution is 2.38. The molecule has 5 nitrogen and oxygen atoms in total. The molecule has 1 saturated carbocycles. The third-order valence-corrected chi connectivity index (χ3v) is 6.96. The summed E-state index contributed by atoms with van der Waals surface area (Å²) in [5.41, 5.74) is 8.23. The summed E-state index contributed by atoms with van der Waals surface area (Å²) in [6.07, 6.45) is 6.07. The van der Waals surface area contributed by atoms with Gasteiger partial charge in [-0.05, 0) is 49.4 Å². The van der Waals surface area contributed by atoms with Gasteiger partial charge in [0, 0.05) is 42.3 Å². The van der Waals surface area contributed by atoms with Crippen LogP contribution < -0.4 is 11.1 Å². The fraction of sp³-hybridized carbons (Fsp3) is 0.619. The van der Waals surface area contributed by atoms with Crippen molar-refractivity contribution >= 4 is 41.7 Å². The summed E-state index contributed by atoms with van der Waals surface area (Å²) in [5, 5.41) is 3.05. The lowest BCUT2D eigenvalue weighted by Gasteiger charge is -2.35. The van der Waals surface area contributed by atoms with Crippen molar-refractivity contribution in [1.29, 1.82) is 0 Å². The zero-order valence-corrected chi connectivity index (χ0v) is 18.3. The monoisotopic (exact) mass is 425 g/mol. The predicted molar refractivity (Wildman–Crippen MR) is 119 cm³/mol. The summed E-state index contributed by atoms with van der Waals surface area (Å²) in [4.78, 5) is 27.5. The maximum Gasteiger partial charge on any atom is 0.254 e. The van der Waals surface area contributed by atoms with Gasteiger partial charge in [0.2, 0.25) is 5.91 Å². The topological polar surface area (TPSA) is 75.4 Å². The normalized spacial score (nSPS) is 18.9. The molecular weight excluding hydrogens is 394 g/mol. The number of hydrogen-bond acceptors (Lipinski definition) is 4. The van der Waals surface area contributed by atoms with Gasteiger partial charge >= 0.3 is 0 Å². The second-order valence-corrected chi connectivity index (χ2v) is 9.10. The lowest BCUT2D eigenvalue weighted by Crippen LogP contribution is -2.38. The number of anilines is 1. The zero-order valence-electron chi connectivity index (χ0n) is 16.7. The van der Waals surface area contributed by atoms with Crippen LogP contribution in [-0.4, -0.2) is 47.9 Å². The van der Waals surface area contributed by atoms with Gasteiger partial charge in [0.15, 0.2) is 0 Å². The Morgan fingerprint density at radius 2 is 1.86 bits per heavy atom. The molecule has 2 aliphatic rings. The second kappa shape index (κ2) is 10.5. The van der Waals surface area contributed by atoms with Crippen molar-refractivity contribution in [2.75, 3.05) is 36.5 Å². The number of halogens is 1. The van der Waals surface area contributed by atoms with Crippen LogP contribution in [0, 0.1) is 12.3 Å². The largest absolute Gasteiger partial charge is 0.337 e. The van der Waals surface area contributed by atoms with E-state index in [1.807, 2.05) is 41.8 Å². The molecule has 1 aromatic carbocycles. The first-order chi connectivity index (χ1) is 13.0. The number of nitrogens with zero attached hydrogens (tertiary/aromatic N) is 1. The molecule has 0 unspecified atom stereocenters. The quantitative estimate of drug-likeness (QED) is 0.751. The molecule has 0 aromatic heterocycles. The molecule has 1 aliphatic carbocycles. The number of carbonyl (C=O) groups excluding carboxylic acids is 2. The van der Waals surface area contributed by atoms with E-state index in [4.69, 9.17) is 5.73 Å². The fourth-order valence-corrected chi connectivity index (χ4v) is 5.13. The average molecular weight is 426 g/mol. The Morgan fingerprint density at radius 3 is 2.50 bits per heavy atom. The van der Waals surface area contributed by atoms with Gasteiger partial charge in [0.05, 0.1) is 0 Å². The van der Waals surface area contributed by atoms with Gasteiger partial charge in [-0.3, -0.25) is 9.59 Å². The zero-order chi connectivity index (χ0) is 19.3. The summed E-state index contributed by atoms with van der Waals surface area (Å²) >= 11 is 1.88. The number of benzene rings is 1. The van der Waals surface area contributed by atoms with E-state index in [1.165, 1.54) is 6.42 Å². The molecule has 2 amide bonds. The van der Waals surface area contributed by atoms with Gasteiger partial charge in [0.25, 0.3) is 5.91 Å². The van der Waals surface area contributed by atoms with E-state index >= 15 is 0 Å². The van der Waals surface area contributed by atoms with Crippen LogP contribution in [0.1, 0.15) is 54.4 Å². The molecule has 1 aliphatic heterocycles. The Kier molecular flexibility index (Phi) is 8.65. The van der Waals surface area contributed by atoms with Crippen molar-refractivity contribution < 1.29 is 9.59 Å². The van der Waals surface area contributed by atoms with Crippen molar-refractivity contribution in [3.8, 4) is 0 Å². The van der Waals surface area contributed by atoms with Gasteiger partial charge in [-0.2, -0.15) is 11.8 Å². The SMILES string of the molecule is Cc1c(NC(=O)CC2(CN)CCCCC2)cccc1C(=O)N1CCSCC1.Cl. The van der Waals surface area contributed by atoms with E-state index in [2.05, 4.69) is 5.32 Å². The van der Waals surface area contributed by atoms with Crippen molar-refractivity contribution in [2.24, 2.45) is 11.1 Å². The number of amides is 2. The molecule has 2 fully saturated rings. The van der Waals surface area contributed by atoms with E-state index < -0.39 is 0 Å². The van der Waals surface area contributed by atoms with Gasteiger partial charge in [-0.1, -0.05) is 25.3 Å². The van der Waals surface area contributed by atoms with E-state index in [1.54, 1.807) is 0 Å². The molecule has 0 bridgehead atoms. The Hall–Kier alpha value is -1.24.